The molecule has 0 spiro atoms. The van der Waals surface area contributed by atoms with Gasteiger partial charge in [-0.05, 0) is 50.1 Å². The van der Waals surface area contributed by atoms with E-state index in [1.165, 1.54) is 10.4 Å². The van der Waals surface area contributed by atoms with Crippen molar-refractivity contribution < 1.29 is 17.9 Å². The molecule has 1 aromatic heterocycles. The van der Waals surface area contributed by atoms with Crippen LogP contribution >= 0.6 is 22.9 Å². The molecule has 3 rings (SSSR count). The van der Waals surface area contributed by atoms with E-state index in [4.69, 9.17) is 16.3 Å². The highest BCUT2D eigenvalue weighted by molar-refractivity contribution is 7.89. The highest BCUT2D eigenvalue weighted by Crippen LogP contribution is 2.32. The normalized spacial score (nSPS) is 15.2. The van der Waals surface area contributed by atoms with Crippen molar-refractivity contribution in [3.63, 3.8) is 0 Å². The topological polar surface area (TPSA) is 75.7 Å². The van der Waals surface area contributed by atoms with Crippen LogP contribution in [0.15, 0.2) is 35.2 Å². The SMILES string of the molecule is CCOc1ccc(NC(=O)c2ccc(Cl)s2)cc1S(=O)(=O)N1CCCC1. The Morgan fingerprint density at radius 1 is 1.27 bits per heavy atom. The second-order valence-corrected chi connectivity index (χ2v) is 9.39. The summed E-state index contributed by atoms with van der Waals surface area (Å²) < 4.78 is 33.4. The van der Waals surface area contributed by atoms with E-state index in [2.05, 4.69) is 5.32 Å². The van der Waals surface area contributed by atoms with Gasteiger partial charge < -0.3 is 10.1 Å². The summed E-state index contributed by atoms with van der Waals surface area (Å²) in [6.07, 6.45) is 1.69. The Bertz CT molecular complexity index is 905. The highest BCUT2D eigenvalue weighted by Gasteiger charge is 2.30. The van der Waals surface area contributed by atoms with E-state index in [1.807, 2.05) is 0 Å². The number of halogens is 1. The van der Waals surface area contributed by atoms with Crippen molar-refractivity contribution in [2.45, 2.75) is 24.7 Å². The molecule has 0 radical (unpaired) electrons. The van der Waals surface area contributed by atoms with E-state index in [0.717, 1.165) is 24.2 Å². The maximum atomic E-state index is 13.0. The van der Waals surface area contributed by atoms with E-state index in [-0.39, 0.29) is 16.6 Å². The summed E-state index contributed by atoms with van der Waals surface area (Å²) in [6, 6.07) is 7.91. The summed E-state index contributed by atoms with van der Waals surface area (Å²) in [7, 11) is -3.67. The predicted molar refractivity (Wildman–Crippen MR) is 103 cm³/mol. The van der Waals surface area contributed by atoms with Crippen LogP contribution in [-0.2, 0) is 10.0 Å². The van der Waals surface area contributed by atoms with Crippen molar-refractivity contribution >= 4 is 44.6 Å². The van der Waals surface area contributed by atoms with E-state index >= 15 is 0 Å². The van der Waals surface area contributed by atoms with Crippen molar-refractivity contribution in [1.29, 1.82) is 0 Å². The highest BCUT2D eigenvalue weighted by atomic mass is 35.5. The number of sulfonamides is 1. The van der Waals surface area contributed by atoms with Gasteiger partial charge in [0.15, 0.2) is 0 Å². The van der Waals surface area contributed by atoms with E-state index in [1.54, 1.807) is 31.2 Å². The van der Waals surface area contributed by atoms with Crippen molar-refractivity contribution in [3.8, 4) is 5.75 Å². The molecule has 1 N–H and O–H groups in total. The molecule has 1 fully saturated rings. The van der Waals surface area contributed by atoms with Gasteiger partial charge in [-0.25, -0.2) is 8.42 Å². The Kier molecular flexibility index (Phi) is 5.86. The maximum absolute atomic E-state index is 13.0. The lowest BCUT2D eigenvalue weighted by molar-refractivity contribution is 0.103. The molecule has 9 heteroatoms. The Morgan fingerprint density at radius 3 is 2.62 bits per heavy atom. The Hall–Kier alpha value is -1.61. The molecule has 0 unspecified atom stereocenters. The monoisotopic (exact) mass is 414 g/mol. The Balaban J connectivity index is 1.92. The summed E-state index contributed by atoms with van der Waals surface area (Å²) in [5.41, 5.74) is 0.390. The van der Waals surface area contributed by atoms with Gasteiger partial charge in [0.05, 0.1) is 15.8 Å². The molecule has 1 aromatic carbocycles. The molecule has 1 saturated heterocycles. The minimum atomic E-state index is -3.67. The van der Waals surface area contributed by atoms with Crippen LogP contribution in [-0.4, -0.2) is 38.3 Å². The first-order valence-corrected chi connectivity index (χ1v) is 10.9. The summed E-state index contributed by atoms with van der Waals surface area (Å²) in [4.78, 5) is 12.8. The zero-order valence-corrected chi connectivity index (χ0v) is 16.6. The third kappa shape index (κ3) is 4.03. The van der Waals surface area contributed by atoms with Crippen molar-refractivity contribution in [2.75, 3.05) is 25.0 Å². The van der Waals surface area contributed by atoms with Crippen LogP contribution in [0.1, 0.15) is 29.4 Å². The van der Waals surface area contributed by atoms with Crippen LogP contribution in [0.4, 0.5) is 5.69 Å². The Labute approximate surface area is 161 Å². The predicted octanol–water partition coefficient (Wildman–Crippen LogP) is 3.84. The number of benzene rings is 1. The lowest BCUT2D eigenvalue weighted by Gasteiger charge is -2.19. The third-order valence-corrected chi connectivity index (χ3v) is 7.13. The minimum absolute atomic E-state index is 0.0725. The van der Waals surface area contributed by atoms with Gasteiger partial charge in [0, 0.05) is 18.8 Å². The average Bonchev–Trinajstić information content (AvgIpc) is 3.28. The molecular weight excluding hydrogens is 396 g/mol. The number of carbonyl (C=O) groups excluding carboxylic acids is 1. The van der Waals surface area contributed by atoms with Gasteiger partial charge in [0.25, 0.3) is 5.91 Å². The van der Waals surface area contributed by atoms with Gasteiger partial charge in [-0.1, -0.05) is 11.6 Å². The number of amides is 1. The quantitative estimate of drug-likeness (QED) is 0.779. The molecule has 140 valence electrons. The molecular formula is C17H19ClN2O4S2. The molecule has 26 heavy (non-hydrogen) atoms. The number of carbonyl (C=O) groups is 1. The first-order valence-electron chi connectivity index (χ1n) is 8.25. The molecule has 2 heterocycles. The summed E-state index contributed by atoms with van der Waals surface area (Å²) in [5, 5.41) is 2.72. The number of hydrogen-bond acceptors (Lipinski definition) is 5. The number of nitrogens with zero attached hydrogens (tertiary/aromatic N) is 1. The molecule has 6 nitrogen and oxygen atoms in total. The average molecular weight is 415 g/mol. The van der Waals surface area contributed by atoms with Crippen LogP contribution in [0.25, 0.3) is 0 Å². The smallest absolute Gasteiger partial charge is 0.265 e. The Morgan fingerprint density at radius 2 is 2.00 bits per heavy atom. The largest absolute Gasteiger partial charge is 0.492 e. The molecule has 0 saturated carbocycles. The minimum Gasteiger partial charge on any atom is -0.492 e. The van der Waals surface area contributed by atoms with Crippen LogP contribution in [0.5, 0.6) is 5.75 Å². The van der Waals surface area contributed by atoms with Crippen LogP contribution in [0.3, 0.4) is 0 Å². The number of ether oxygens (including phenoxy) is 1. The van der Waals surface area contributed by atoms with Crippen LogP contribution in [0.2, 0.25) is 4.34 Å². The number of anilines is 1. The van der Waals surface area contributed by atoms with E-state index < -0.39 is 10.0 Å². The molecule has 0 atom stereocenters. The molecule has 1 aliphatic heterocycles. The first kappa shape index (κ1) is 19.2. The summed E-state index contributed by atoms with van der Waals surface area (Å²) in [5.74, 6) is -0.0489. The zero-order chi connectivity index (χ0) is 18.7. The lowest BCUT2D eigenvalue weighted by atomic mass is 10.3. The second-order valence-electron chi connectivity index (χ2n) is 5.76. The van der Waals surface area contributed by atoms with E-state index in [0.29, 0.717) is 34.6 Å². The van der Waals surface area contributed by atoms with Crippen LogP contribution in [0, 0.1) is 0 Å². The van der Waals surface area contributed by atoms with Gasteiger partial charge in [-0.2, -0.15) is 4.31 Å². The van der Waals surface area contributed by atoms with E-state index in [9.17, 15) is 13.2 Å². The van der Waals surface area contributed by atoms with Gasteiger partial charge >= 0.3 is 0 Å². The fourth-order valence-corrected chi connectivity index (χ4v) is 5.37. The van der Waals surface area contributed by atoms with Gasteiger partial charge in [0.1, 0.15) is 10.6 Å². The lowest BCUT2D eigenvalue weighted by Crippen LogP contribution is -2.28. The number of rotatable bonds is 6. The fourth-order valence-electron chi connectivity index (χ4n) is 2.76. The van der Waals surface area contributed by atoms with Crippen molar-refractivity contribution in [2.24, 2.45) is 0 Å². The number of nitrogens with one attached hydrogen (secondary N) is 1. The zero-order valence-electron chi connectivity index (χ0n) is 14.2. The summed E-state index contributed by atoms with van der Waals surface area (Å²) >= 11 is 7.02. The summed E-state index contributed by atoms with van der Waals surface area (Å²) in [6.45, 7) is 3.14. The number of thiophene rings is 1. The van der Waals surface area contributed by atoms with Crippen molar-refractivity contribution in [3.05, 3.63) is 39.5 Å². The maximum Gasteiger partial charge on any atom is 0.265 e. The number of hydrogen-bond donors (Lipinski definition) is 1. The van der Waals surface area contributed by atoms with Crippen LogP contribution < -0.4 is 10.1 Å². The van der Waals surface area contributed by atoms with Gasteiger partial charge in [0.2, 0.25) is 10.0 Å². The first-order chi connectivity index (χ1) is 12.4. The molecule has 1 amide bonds. The van der Waals surface area contributed by atoms with Gasteiger partial charge in [-0.3, -0.25) is 4.79 Å². The third-order valence-electron chi connectivity index (χ3n) is 3.98. The second kappa shape index (κ2) is 7.96. The van der Waals surface area contributed by atoms with Gasteiger partial charge in [-0.15, -0.1) is 11.3 Å². The molecule has 0 bridgehead atoms. The standard InChI is InChI=1S/C17H19ClN2O4S2/c1-2-24-13-6-5-12(19-17(21)14-7-8-16(18)25-14)11-15(13)26(22,23)20-9-3-4-10-20/h5-8,11H,2-4,9-10H2,1H3,(H,19,21). The molecule has 0 aliphatic carbocycles. The fraction of sp³-hybridized carbons (Fsp3) is 0.353. The molecule has 1 aliphatic rings. The molecule has 2 aromatic rings. The van der Waals surface area contributed by atoms with Crippen molar-refractivity contribution in [1.82, 2.24) is 4.31 Å².